The Balaban J connectivity index is 2.43. The van der Waals surface area contributed by atoms with Crippen molar-refractivity contribution in [2.45, 2.75) is 20.3 Å². The van der Waals surface area contributed by atoms with Gasteiger partial charge < -0.3 is 15.2 Å². The van der Waals surface area contributed by atoms with Crippen LogP contribution in [0.2, 0.25) is 0 Å². The number of rotatable bonds is 6. The summed E-state index contributed by atoms with van der Waals surface area (Å²) in [5, 5.41) is 12.2. The number of methoxy groups -OCH3 is 1. The number of carboxylic acid groups (broad SMARTS) is 1. The molecule has 0 aliphatic heterocycles. The Hall–Kier alpha value is -1.71. The number of ether oxygens (including phenoxy) is 1. The van der Waals surface area contributed by atoms with Crippen molar-refractivity contribution < 1.29 is 14.6 Å². The topological polar surface area (TPSA) is 58.6 Å². The molecule has 0 unspecified atom stereocenters. The van der Waals surface area contributed by atoms with Gasteiger partial charge >= 0.3 is 5.97 Å². The predicted molar refractivity (Wildman–Crippen MR) is 67.5 cm³/mol. The van der Waals surface area contributed by atoms with Crippen LogP contribution in [0.1, 0.15) is 20.3 Å². The van der Waals surface area contributed by atoms with E-state index in [1.165, 1.54) is 0 Å². The van der Waals surface area contributed by atoms with Crippen molar-refractivity contribution in [2.24, 2.45) is 5.41 Å². The van der Waals surface area contributed by atoms with Gasteiger partial charge in [0.15, 0.2) is 0 Å². The molecule has 0 aromatic heterocycles. The molecule has 0 spiro atoms. The van der Waals surface area contributed by atoms with Gasteiger partial charge in [-0.1, -0.05) is 0 Å². The van der Waals surface area contributed by atoms with Gasteiger partial charge in [-0.2, -0.15) is 0 Å². The van der Waals surface area contributed by atoms with Crippen molar-refractivity contribution in [1.82, 2.24) is 0 Å². The van der Waals surface area contributed by atoms with E-state index in [1.54, 1.807) is 21.0 Å². The van der Waals surface area contributed by atoms with Crippen molar-refractivity contribution in [3.05, 3.63) is 24.3 Å². The van der Waals surface area contributed by atoms with Crippen LogP contribution in [0.15, 0.2) is 24.3 Å². The van der Waals surface area contributed by atoms with Gasteiger partial charge in [0, 0.05) is 12.2 Å². The number of nitrogens with one attached hydrogen (secondary N) is 1. The Labute approximate surface area is 102 Å². The Morgan fingerprint density at radius 3 is 2.41 bits per heavy atom. The summed E-state index contributed by atoms with van der Waals surface area (Å²) in [6, 6.07) is 7.55. The van der Waals surface area contributed by atoms with Gasteiger partial charge in [-0.05, 0) is 44.5 Å². The van der Waals surface area contributed by atoms with Crippen molar-refractivity contribution in [2.75, 3.05) is 19.0 Å². The van der Waals surface area contributed by atoms with Gasteiger partial charge in [-0.3, -0.25) is 4.79 Å². The van der Waals surface area contributed by atoms with Crippen LogP contribution in [0.5, 0.6) is 5.75 Å². The lowest BCUT2D eigenvalue weighted by Gasteiger charge is -2.19. The SMILES string of the molecule is COc1ccc(NCCC(C)(C)C(=O)O)cc1. The number of carbonyl (C=O) groups is 1. The van der Waals surface area contributed by atoms with Crippen LogP contribution in [0.25, 0.3) is 0 Å². The Morgan fingerprint density at radius 2 is 1.94 bits per heavy atom. The molecule has 0 aliphatic rings. The smallest absolute Gasteiger partial charge is 0.309 e. The molecule has 4 heteroatoms. The van der Waals surface area contributed by atoms with Crippen molar-refractivity contribution in [3.63, 3.8) is 0 Å². The zero-order valence-electron chi connectivity index (χ0n) is 10.5. The highest BCUT2D eigenvalue weighted by atomic mass is 16.5. The fourth-order valence-corrected chi connectivity index (χ4v) is 1.34. The fourth-order valence-electron chi connectivity index (χ4n) is 1.34. The first-order valence-corrected chi connectivity index (χ1v) is 5.57. The van der Waals surface area contributed by atoms with Gasteiger partial charge in [0.05, 0.1) is 12.5 Å². The summed E-state index contributed by atoms with van der Waals surface area (Å²) in [5.74, 6) is 0.0375. The minimum absolute atomic E-state index is 0.578. The molecule has 2 N–H and O–H groups in total. The number of aliphatic carboxylic acids is 1. The molecule has 0 atom stereocenters. The van der Waals surface area contributed by atoms with E-state index in [1.807, 2.05) is 24.3 Å². The highest BCUT2D eigenvalue weighted by molar-refractivity contribution is 5.73. The normalized spacial score (nSPS) is 11.0. The molecule has 0 radical (unpaired) electrons. The largest absolute Gasteiger partial charge is 0.497 e. The first-order chi connectivity index (χ1) is 7.95. The zero-order chi connectivity index (χ0) is 12.9. The van der Waals surface area contributed by atoms with Crippen LogP contribution in [0, 0.1) is 5.41 Å². The van der Waals surface area contributed by atoms with Gasteiger partial charge in [-0.15, -0.1) is 0 Å². The van der Waals surface area contributed by atoms with Gasteiger partial charge in [0.25, 0.3) is 0 Å². The van der Waals surface area contributed by atoms with Crippen LogP contribution in [-0.4, -0.2) is 24.7 Å². The Kier molecular flexibility index (Phi) is 4.37. The van der Waals surface area contributed by atoms with E-state index in [4.69, 9.17) is 9.84 Å². The molecule has 0 amide bonds. The lowest BCUT2D eigenvalue weighted by Crippen LogP contribution is -2.26. The van der Waals surface area contributed by atoms with Crippen molar-refractivity contribution in [3.8, 4) is 5.75 Å². The highest BCUT2D eigenvalue weighted by Gasteiger charge is 2.26. The maximum atomic E-state index is 10.9. The molecule has 0 aliphatic carbocycles. The fraction of sp³-hybridized carbons (Fsp3) is 0.462. The number of hydrogen-bond acceptors (Lipinski definition) is 3. The summed E-state index contributed by atoms with van der Waals surface area (Å²) < 4.78 is 5.05. The van der Waals surface area contributed by atoms with Crippen molar-refractivity contribution in [1.29, 1.82) is 0 Å². The maximum absolute atomic E-state index is 10.9. The summed E-state index contributed by atoms with van der Waals surface area (Å²) in [6.45, 7) is 4.09. The standard InChI is InChI=1S/C13H19NO3/c1-13(2,12(15)16)8-9-14-10-4-6-11(17-3)7-5-10/h4-7,14H,8-9H2,1-3H3,(H,15,16). The monoisotopic (exact) mass is 237 g/mol. The van der Waals surface area contributed by atoms with E-state index in [9.17, 15) is 4.79 Å². The van der Waals surface area contributed by atoms with Crippen LogP contribution in [0.4, 0.5) is 5.69 Å². The average Bonchev–Trinajstić information content (AvgIpc) is 2.29. The second-order valence-electron chi connectivity index (χ2n) is 4.59. The Bertz CT molecular complexity index is 371. The predicted octanol–water partition coefficient (Wildman–Crippen LogP) is 2.61. The summed E-state index contributed by atoms with van der Waals surface area (Å²) in [5.41, 5.74) is 0.270. The molecule has 0 bridgehead atoms. The van der Waals surface area contributed by atoms with Gasteiger partial charge in [-0.25, -0.2) is 0 Å². The van der Waals surface area contributed by atoms with E-state index in [0.29, 0.717) is 13.0 Å². The van der Waals surface area contributed by atoms with E-state index in [0.717, 1.165) is 11.4 Å². The van der Waals surface area contributed by atoms with Crippen LogP contribution < -0.4 is 10.1 Å². The van der Waals surface area contributed by atoms with Crippen molar-refractivity contribution >= 4 is 11.7 Å². The van der Waals surface area contributed by atoms with E-state index in [-0.39, 0.29) is 0 Å². The quantitative estimate of drug-likeness (QED) is 0.798. The summed E-state index contributed by atoms with van der Waals surface area (Å²) in [7, 11) is 1.62. The number of anilines is 1. The molecule has 0 heterocycles. The maximum Gasteiger partial charge on any atom is 0.309 e. The average molecular weight is 237 g/mol. The molecule has 1 aromatic rings. The Morgan fingerprint density at radius 1 is 1.35 bits per heavy atom. The molecule has 0 fully saturated rings. The van der Waals surface area contributed by atoms with E-state index in [2.05, 4.69) is 5.32 Å². The third-order valence-corrected chi connectivity index (χ3v) is 2.75. The second kappa shape index (κ2) is 5.57. The molecule has 17 heavy (non-hydrogen) atoms. The minimum Gasteiger partial charge on any atom is -0.497 e. The molecule has 4 nitrogen and oxygen atoms in total. The molecule has 1 aromatic carbocycles. The highest BCUT2D eigenvalue weighted by Crippen LogP contribution is 2.21. The van der Waals surface area contributed by atoms with Crippen LogP contribution in [0.3, 0.4) is 0 Å². The first-order valence-electron chi connectivity index (χ1n) is 5.57. The molecular weight excluding hydrogens is 218 g/mol. The number of hydrogen-bond donors (Lipinski definition) is 2. The minimum atomic E-state index is -0.769. The third kappa shape index (κ3) is 3.98. The van der Waals surface area contributed by atoms with Gasteiger partial charge in [0.1, 0.15) is 5.75 Å². The number of carboxylic acids is 1. The lowest BCUT2D eigenvalue weighted by molar-refractivity contribution is -0.147. The van der Waals surface area contributed by atoms with Crippen LogP contribution in [-0.2, 0) is 4.79 Å². The molecule has 0 saturated heterocycles. The first kappa shape index (κ1) is 13.4. The van der Waals surface area contributed by atoms with E-state index < -0.39 is 11.4 Å². The molecular formula is C13H19NO3. The second-order valence-corrected chi connectivity index (χ2v) is 4.59. The van der Waals surface area contributed by atoms with E-state index >= 15 is 0 Å². The zero-order valence-corrected chi connectivity index (χ0v) is 10.5. The summed E-state index contributed by atoms with van der Waals surface area (Å²) in [4.78, 5) is 10.9. The number of benzene rings is 1. The van der Waals surface area contributed by atoms with Gasteiger partial charge in [0.2, 0.25) is 0 Å². The molecule has 94 valence electrons. The summed E-state index contributed by atoms with van der Waals surface area (Å²) >= 11 is 0. The molecule has 1 rings (SSSR count). The molecule has 0 saturated carbocycles. The lowest BCUT2D eigenvalue weighted by atomic mass is 9.90. The third-order valence-electron chi connectivity index (χ3n) is 2.75. The van der Waals surface area contributed by atoms with Crippen LogP contribution >= 0.6 is 0 Å². The summed E-state index contributed by atoms with van der Waals surface area (Å²) in [6.07, 6.45) is 0.578.